The molecule has 1 unspecified atom stereocenters. The van der Waals surface area contributed by atoms with Crippen LogP contribution >= 0.6 is 0 Å². The zero-order valence-corrected chi connectivity index (χ0v) is 13.2. The van der Waals surface area contributed by atoms with Crippen molar-refractivity contribution in [3.05, 3.63) is 70.8 Å². The molecule has 2 aromatic carbocycles. The van der Waals surface area contributed by atoms with Crippen LogP contribution in [0.1, 0.15) is 39.4 Å². The van der Waals surface area contributed by atoms with Crippen LogP contribution in [0.25, 0.3) is 0 Å². The fourth-order valence-electron chi connectivity index (χ4n) is 3.63. The van der Waals surface area contributed by atoms with Gasteiger partial charge in [0.05, 0.1) is 13.2 Å². The summed E-state index contributed by atoms with van der Waals surface area (Å²) in [7, 11) is 0. The summed E-state index contributed by atoms with van der Waals surface area (Å²) in [5.74, 6) is 0.609. The molecule has 0 saturated carbocycles. The third-order valence-electron chi connectivity index (χ3n) is 4.97. The number of benzene rings is 2. The van der Waals surface area contributed by atoms with Gasteiger partial charge in [-0.3, -0.25) is 4.79 Å². The van der Waals surface area contributed by atoms with Gasteiger partial charge in [0.1, 0.15) is 0 Å². The van der Waals surface area contributed by atoms with Gasteiger partial charge < -0.3 is 9.64 Å². The largest absolute Gasteiger partial charge is 0.376 e. The average Bonchev–Trinajstić information content (AvgIpc) is 3.11. The highest BCUT2D eigenvalue weighted by molar-refractivity contribution is 5.94. The van der Waals surface area contributed by atoms with E-state index in [4.69, 9.17) is 4.74 Å². The molecule has 0 bridgehead atoms. The number of hydrogen-bond acceptors (Lipinski definition) is 2. The van der Waals surface area contributed by atoms with Crippen molar-refractivity contribution in [1.29, 1.82) is 0 Å². The van der Waals surface area contributed by atoms with Crippen molar-refractivity contribution in [2.24, 2.45) is 0 Å². The fraction of sp³-hybridized carbons (Fsp3) is 0.350. The molecule has 2 heterocycles. The Hall–Kier alpha value is -2.13. The first-order chi connectivity index (χ1) is 11.3. The molecule has 1 fully saturated rings. The highest BCUT2D eigenvalue weighted by atomic mass is 16.5. The molecular weight excluding hydrogens is 286 g/mol. The van der Waals surface area contributed by atoms with Crippen LogP contribution in [0.4, 0.5) is 0 Å². The first-order valence-corrected chi connectivity index (χ1v) is 8.35. The number of fused-ring (bicyclic) bond motifs is 1. The normalized spacial score (nSPS) is 20.3. The van der Waals surface area contributed by atoms with Gasteiger partial charge in [0.2, 0.25) is 0 Å². The summed E-state index contributed by atoms with van der Waals surface area (Å²) < 4.78 is 5.51. The van der Waals surface area contributed by atoms with E-state index in [1.165, 1.54) is 16.7 Å². The highest BCUT2D eigenvalue weighted by Crippen LogP contribution is 2.28. The minimum absolute atomic E-state index is 0.150. The van der Waals surface area contributed by atoms with Crippen molar-refractivity contribution in [1.82, 2.24) is 4.90 Å². The second-order valence-corrected chi connectivity index (χ2v) is 6.43. The second kappa shape index (κ2) is 6.17. The van der Waals surface area contributed by atoms with E-state index in [1.54, 1.807) is 0 Å². The molecule has 0 radical (unpaired) electrons. The SMILES string of the molecule is O=C(c1ccc2c(c1)COCC2)N1CCC(c2ccccc2)C1. The van der Waals surface area contributed by atoms with E-state index in [0.29, 0.717) is 12.5 Å². The predicted octanol–water partition coefficient (Wildman–Crippen LogP) is 3.39. The molecule has 118 valence electrons. The number of nitrogens with zero attached hydrogens (tertiary/aromatic N) is 1. The number of likely N-dealkylation sites (tertiary alicyclic amines) is 1. The topological polar surface area (TPSA) is 29.5 Å². The standard InChI is InChI=1S/C20H21NO2/c22-20(17-7-6-16-9-11-23-14-19(16)12-17)21-10-8-18(13-21)15-4-2-1-3-5-15/h1-7,12,18H,8-11,13-14H2. The Morgan fingerprint density at radius 1 is 1.09 bits per heavy atom. The van der Waals surface area contributed by atoms with E-state index >= 15 is 0 Å². The van der Waals surface area contributed by atoms with Crippen molar-refractivity contribution in [3.63, 3.8) is 0 Å². The van der Waals surface area contributed by atoms with Gasteiger partial charge in [-0.15, -0.1) is 0 Å². The highest BCUT2D eigenvalue weighted by Gasteiger charge is 2.28. The van der Waals surface area contributed by atoms with Gasteiger partial charge in [-0.2, -0.15) is 0 Å². The molecule has 1 atom stereocenters. The Morgan fingerprint density at radius 2 is 1.96 bits per heavy atom. The van der Waals surface area contributed by atoms with Crippen LogP contribution in [-0.2, 0) is 17.8 Å². The lowest BCUT2D eigenvalue weighted by atomic mass is 9.98. The molecule has 4 rings (SSSR count). The van der Waals surface area contributed by atoms with E-state index in [1.807, 2.05) is 23.1 Å². The van der Waals surface area contributed by atoms with E-state index in [2.05, 4.69) is 30.3 Å². The van der Waals surface area contributed by atoms with E-state index in [-0.39, 0.29) is 5.91 Å². The fourth-order valence-corrected chi connectivity index (χ4v) is 3.63. The van der Waals surface area contributed by atoms with Crippen LogP contribution < -0.4 is 0 Å². The van der Waals surface area contributed by atoms with Gasteiger partial charge in [-0.25, -0.2) is 0 Å². The Kier molecular flexibility index (Phi) is 3.88. The summed E-state index contributed by atoms with van der Waals surface area (Å²) in [4.78, 5) is 14.8. The summed E-state index contributed by atoms with van der Waals surface area (Å²) in [6.45, 7) is 3.07. The molecule has 0 aromatic heterocycles. The van der Waals surface area contributed by atoms with Gasteiger partial charge >= 0.3 is 0 Å². The number of amides is 1. The average molecular weight is 307 g/mol. The molecule has 0 N–H and O–H groups in total. The zero-order chi connectivity index (χ0) is 15.6. The van der Waals surface area contributed by atoms with E-state index in [9.17, 15) is 4.79 Å². The van der Waals surface area contributed by atoms with Crippen LogP contribution in [0.15, 0.2) is 48.5 Å². The molecule has 1 saturated heterocycles. The van der Waals surface area contributed by atoms with E-state index in [0.717, 1.165) is 38.1 Å². The molecule has 3 nitrogen and oxygen atoms in total. The molecular formula is C20H21NO2. The van der Waals surface area contributed by atoms with Gasteiger partial charge in [-0.1, -0.05) is 36.4 Å². The minimum Gasteiger partial charge on any atom is -0.376 e. The van der Waals surface area contributed by atoms with Gasteiger partial charge in [0.15, 0.2) is 0 Å². The van der Waals surface area contributed by atoms with Crippen LogP contribution in [0, 0.1) is 0 Å². The van der Waals surface area contributed by atoms with Crippen LogP contribution in [0.5, 0.6) is 0 Å². The van der Waals surface area contributed by atoms with Crippen molar-refractivity contribution >= 4 is 5.91 Å². The van der Waals surface area contributed by atoms with Gasteiger partial charge in [0.25, 0.3) is 5.91 Å². The molecule has 0 spiro atoms. The number of hydrogen-bond donors (Lipinski definition) is 0. The van der Waals surface area contributed by atoms with Crippen LogP contribution in [-0.4, -0.2) is 30.5 Å². The third kappa shape index (κ3) is 2.89. The lowest BCUT2D eigenvalue weighted by molar-refractivity contribution is 0.0789. The second-order valence-electron chi connectivity index (χ2n) is 6.43. The Balaban J connectivity index is 1.50. The minimum atomic E-state index is 0.150. The number of carbonyl (C=O) groups excluding carboxylic acids is 1. The lowest BCUT2D eigenvalue weighted by Gasteiger charge is -2.20. The molecule has 23 heavy (non-hydrogen) atoms. The molecule has 2 aromatic rings. The maximum Gasteiger partial charge on any atom is 0.253 e. The number of ether oxygens (including phenoxy) is 1. The third-order valence-corrected chi connectivity index (χ3v) is 4.97. The summed E-state index contributed by atoms with van der Waals surface area (Å²) >= 11 is 0. The smallest absolute Gasteiger partial charge is 0.253 e. The van der Waals surface area contributed by atoms with Gasteiger partial charge in [0, 0.05) is 24.6 Å². The van der Waals surface area contributed by atoms with Crippen molar-refractivity contribution in [2.45, 2.75) is 25.4 Å². The lowest BCUT2D eigenvalue weighted by Crippen LogP contribution is -2.28. The Labute approximate surface area is 136 Å². The quantitative estimate of drug-likeness (QED) is 0.851. The van der Waals surface area contributed by atoms with Crippen molar-refractivity contribution in [2.75, 3.05) is 19.7 Å². The Bertz CT molecular complexity index is 711. The maximum atomic E-state index is 12.8. The molecule has 1 amide bonds. The summed E-state index contributed by atoms with van der Waals surface area (Å²) in [6.07, 6.45) is 1.99. The summed E-state index contributed by atoms with van der Waals surface area (Å²) in [6, 6.07) is 16.6. The number of rotatable bonds is 2. The summed E-state index contributed by atoms with van der Waals surface area (Å²) in [5.41, 5.74) is 4.61. The van der Waals surface area contributed by atoms with E-state index < -0.39 is 0 Å². The van der Waals surface area contributed by atoms with Gasteiger partial charge in [-0.05, 0) is 41.7 Å². The van der Waals surface area contributed by atoms with Crippen LogP contribution in [0.2, 0.25) is 0 Å². The van der Waals surface area contributed by atoms with Crippen molar-refractivity contribution < 1.29 is 9.53 Å². The predicted molar refractivity (Wildman–Crippen MR) is 89.5 cm³/mol. The maximum absolute atomic E-state index is 12.8. The first kappa shape index (κ1) is 14.5. The van der Waals surface area contributed by atoms with Crippen LogP contribution in [0.3, 0.4) is 0 Å². The zero-order valence-electron chi connectivity index (χ0n) is 13.2. The molecule has 2 aliphatic rings. The molecule has 3 heteroatoms. The monoisotopic (exact) mass is 307 g/mol. The summed E-state index contributed by atoms with van der Waals surface area (Å²) in [5, 5.41) is 0. The number of carbonyl (C=O) groups is 1. The first-order valence-electron chi connectivity index (χ1n) is 8.35. The van der Waals surface area contributed by atoms with Crippen molar-refractivity contribution in [3.8, 4) is 0 Å². The Morgan fingerprint density at radius 3 is 2.83 bits per heavy atom. The molecule has 2 aliphatic heterocycles. The molecule has 0 aliphatic carbocycles.